The molecule has 0 saturated heterocycles. The largest absolute Gasteiger partial charge is 0.330 e. The van der Waals surface area contributed by atoms with Crippen molar-refractivity contribution >= 4 is 34.1 Å². The van der Waals surface area contributed by atoms with Crippen LogP contribution in [0.4, 0.5) is 0 Å². The molecule has 0 unspecified atom stereocenters. The van der Waals surface area contributed by atoms with Gasteiger partial charge in [-0.25, -0.2) is 4.98 Å². The number of hydrogen-bond acceptors (Lipinski definition) is 2. The molecule has 2 rings (SSSR count). The predicted octanol–water partition coefficient (Wildman–Crippen LogP) is 3.04. The maximum absolute atomic E-state index is 6.03. The second-order valence-corrected chi connectivity index (χ2v) is 4.05. The third kappa shape index (κ3) is 2.07. The van der Waals surface area contributed by atoms with Gasteiger partial charge in [-0.05, 0) is 30.7 Å². The fourth-order valence-corrected chi connectivity index (χ4v) is 1.97. The number of pyridine rings is 1. The quantitative estimate of drug-likeness (QED) is 0.820. The van der Waals surface area contributed by atoms with E-state index in [9.17, 15) is 0 Å². The van der Waals surface area contributed by atoms with Gasteiger partial charge in [-0.1, -0.05) is 35.3 Å². The number of benzene rings is 1. The first kappa shape index (κ1) is 10.7. The number of nitrogens with zero attached hydrogens (tertiary/aromatic N) is 1. The Kier molecular flexibility index (Phi) is 3.10. The Balaban J connectivity index is 2.65. The lowest BCUT2D eigenvalue weighted by molar-refractivity contribution is 0.963. The van der Waals surface area contributed by atoms with Crippen LogP contribution in [0.5, 0.6) is 0 Å². The van der Waals surface area contributed by atoms with Crippen LogP contribution < -0.4 is 5.73 Å². The molecule has 2 N–H and O–H groups in total. The van der Waals surface area contributed by atoms with E-state index < -0.39 is 0 Å². The van der Waals surface area contributed by atoms with Crippen LogP contribution in [0.2, 0.25) is 10.2 Å². The van der Waals surface area contributed by atoms with E-state index in [0.29, 0.717) is 16.7 Å². The Morgan fingerprint density at radius 1 is 1.27 bits per heavy atom. The summed E-state index contributed by atoms with van der Waals surface area (Å²) in [5.74, 6) is 0. The molecule has 1 heterocycles. The first-order chi connectivity index (χ1) is 7.22. The van der Waals surface area contributed by atoms with Gasteiger partial charge in [-0.2, -0.15) is 0 Å². The minimum Gasteiger partial charge on any atom is -0.330 e. The van der Waals surface area contributed by atoms with Crippen LogP contribution in [0, 0.1) is 0 Å². The second-order valence-electron chi connectivity index (χ2n) is 3.29. The molecule has 0 bridgehead atoms. The van der Waals surface area contributed by atoms with Crippen molar-refractivity contribution in [1.29, 1.82) is 0 Å². The summed E-state index contributed by atoms with van der Waals surface area (Å²) in [6.07, 6.45) is 0.730. The molecule has 4 heteroatoms. The van der Waals surface area contributed by atoms with Gasteiger partial charge in [0, 0.05) is 5.39 Å². The van der Waals surface area contributed by atoms with E-state index in [2.05, 4.69) is 4.98 Å². The van der Waals surface area contributed by atoms with E-state index in [4.69, 9.17) is 28.9 Å². The van der Waals surface area contributed by atoms with E-state index in [0.717, 1.165) is 22.9 Å². The van der Waals surface area contributed by atoms with Crippen molar-refractivity contribution in [2.45, 2.75) is 6.42 Å². The van der Waals surface area contributed by atoms with Crippen LogP contribution in [0.3, 0.4) is 0 Å². The highest BCUT2D eigenvalue weighted by atomic mass is 35.5. The van der Waals surface area contributed by atoms with Gasteiger partial charge in [0.15, 0.2) is 0 Å². The molecule has 1 aromatic carbocycles. The molecule has 0 saturated carbocycles. The highest BCUT2D eigenvalue weighted by Gasteiger charge is 2.06. The molecule has 1 aromatic heterocycles. The van der Waals surface area contributed by atoms with Crippen molar-refractivity contribution in [3.8, 4) is 0 Å². The van der Waals surface area contributed by atoms with E-state index in [1.54, 1.807) is 6.07 Å². The number of aromatic nitrogens is 1. The van der Waals surface area contributed by atoms with Crippen molar-refractivity contribution in [2.24, 2.45) is 5.73 Å². The molecule has 0 spiro atoms. The van der Waals surface area contributed by atoms with Crippen molar-refractivity contribution in [3.05, 3.63) is 40.0 Å². The van der Waals surface area contributed by atoms with Crippen molar-refractivity contribution in [1.82, 2.24) is 4.98 Å². The molecule has 15 heavy (non-hydrogen) atoms. The minimum atomic E-state index is 0.487. The standard InChI is InChI=1S/C11H10Cl2N2/c12-9-3-1-2-7-6-8(4-5-14)11(13)15-10(7)9/h1-3,6H,4-5,14H2. The third-order valence-electron chi connectivity index (χ3n) is 2.24. The number of rotatable bonds is 2. The van der Waals surface area contributed by atoms with E-state index in [-0.39, 0.29) is 0 Å². The van der Waals surface area contributed by atoms with Crippen LogP contribution in [-0.4, -0.2) is 11.5 Å². The van der Waals surface area contributed by atoms with Crippen LogP contribution in [0.25, 0.3) is 10.9 Å². The van der Waals surface area contributed by atoms with Crippen molar-refractivity contribution in [3.63, 3.8) is 0 Å². The summed E-state index contributed by atoms with van der Waals surface area (Å²) in [6.45, 7) is 0.563. The lowest BCUT2D eigenvalue weighted by Gasteiger charge is -2.05. The van der Waals surface area contributed by atoms with Crippen LogP contribution in [0.1, 0.15) is 5.56 Å². The number of halogens is 2. The zero-order valence-corrected chi connectivity index (χ0v) is 9.52. The molecule has 0 aliphatic carbocycles. The van der Waals surface area contributed by atoms with E-state index in [1.807, 2.05) is 18.2 Å². The Hall–Kier alpha value is -0.830. The highest BCUT2D eigenvalue weighted by molar-refractivity contribution is 6.35. The van der Waals surface area contributed by atoms with Crippen molar-refractivity contribution in [2.75, 3.05) is 6.54 Å². The Labute approximate surface area is 98.0 Å². The Morgan fingerprint density at radius 3 is 2.80 bits per heavy atom. The SMILES string of the molecule is NCCc1cc2cccc(Cl)c2nc1Cl. The van der Waals surface area contributed by atoms with Gasteiger partial charge in [0.2, 0.25) is 0 Å². The summed E-state index contributed by atoms with van der Waals surface area (Å²) in [6, 6.07) is 7.65. The van der Waals surface area contributed by atoms with Gasteiger partial charge in [0.25, 0.3) is 0 Å². The number of fused-ring (bicyclic) bond motifs is 1. The smallest absolute Gasteiger partial charge is 0.133 e. The second kappa shape index (κ2) is 4.35. The van der Waals surface area contributed by atoms with Gasteiger partial charge in [-0.15, -0.1) is 0 Å². The maximum atomic E-state index is 6.03. The van der Waals surface area contributed by atoms with Crippen LogP contribution in [-0.2, 0) is 6.42 Å². The molecule has 0 fully saturated rings. The first-order valence-corrected chi connectivity index (χ1v) is 5.41. The highest BCUT2D eigenvalue weighted by Crippen LogP contribution is 2.25. The minimum absolute atomic E-state index is 0.487. The monoisotopic (exact) mass is 240 g/mol. The Morgan fingerprint density at radius 2 is 2.07 bits per heavy atom. The zero-order chi connectivity index (χ0) is 10.8. The molecule has 0 aliphatic heterocycles. The summed E-state index contributed by atoms with van der Waals surface area (Å²) < 4.78 is 0. The predicted molar refractivity (Wildman–Crippen MR) is 64.5 cm³/mol. The summed E-state index contributed by atoms with van der Waals surface area (Å²) >= 11 is 12.0. The van der Waals surface area contributed by atoms with E-state index >= 15 is 0 Å². The van der Waals surface area contributed by atoms with Gasteiger partial charge < -0.3 is 5.73 Å². The zero-order valence-electron chi connectivity index (χ0n) is 8.00. The summed E-state index contributed by atoms with van der Waals surface area (Å²) in [7, 11) is 0. The molecular weight excluding hydrogens is 231 g/mol. The molecule has 2 aromatic rings. The Bertz CT molecular complexity index is 497. The third-order valence-corrected chi connectivity index (χ3v) is 2.87. The van der Waals surface area contributed by atoms with Gasteiger partial charge in [0.05, 0.1) is 10.5 Å². The van der Waals surface area contributed by atoms with E-state index in [1.165, 1.54) is 0 Å². The fourth-order valence-electron chi connectivity index (χ4n) is 1.51. The summed E-state index contributed by atoms with van der Waals surface area (Å²) in [5.41, 5.74) is 7.20. The number of para-hydroxylation sites is 1. The first-order valence-electron chi connectivity index (χ1n) is 4.66. The average Bonchev–Trinajstić information content (AvgIpc) is 2.21. The topological polar surface area (TPSA) is 38.9 Å². The number of hydrogen-bond donors (Lipinski definition) is 1. The number of nitrogens with two attached hydrogens (primary N) is 1. The maximum Gasteiger partial charge on any atom is 0.133 e. The molecule has 0 radical (unpaired) electrons. The van der Waals surface area contributed by atoms with Gasteiger partial charge in [0.1, 0.15) is 5.15 Å². The summed E-state index contributed by atoms with van der Waals surface area (Å²) in [5, 5.41) is 2.10. The average molecular weight is 241 g/mol. The molecular formula is C11H10Cl2N2. The molecule has 2 nitrogen and oxygen atoms in total. The molecule has 78 valence electrons. The normalized spacial score (nSPS) is 10.9. The lowest BCUT2D eigenvalue weighted by Crippen LogP contribution is -2.03. The van der Waals surface area contributed by atoms with Crippen LogP contribution >= 0.6 is 23.2 Å². The fraction of sp³-hybridized carbons (Fsp3) is 0.182. The summed E-state index contributed by atoms with van der Waals surface area (Å²) in [4.78, 5) is 4.27. The van der Waals surface area contributed by atoms with Gasteiger partial charge in [-0.3, -0.25) is 0 Å². The molecule has 0 amide bonds. The molecule has 0 aliphatic rings. The van der Waals surface area contributed by atoms with Crippen molar-refractivity contribution < 1.29 is 0 Å². The van der Waals surface area contributed by atoms with Crippen LogP contribution in [0.15, 0.2) is 24.3 Å². The van der Waals surface area contributed by atoms with Gasteiger partial charge >= 0.3 is 0 Å². The molecule has 0 atom stereocenters. The lowest BCUT2D eigenvalue weighted by atomic mass is 10.1.